The van der Waals surface area contributed by atoms with Gasteiger partial charge in [0.05, 0.1) is 39.9 Å². The number of unbranched alkanes of at least 4 members (excludes halogenated alkanes) is 22. The van der Waals surface area contributed by atoms with E-state index >= 15 is 0 Å². The molecule has 8 nitrogen and oxygen atoms in total. The predicted octanol–water partition coefficient (Wildman–Crippen LogP) is 11.9. The Labute approximate surface area is 327 Å². The number of phosphoric acid groups is 1. The van der Waals surface area contributed by atoms with E-state index in [0.717, 1.165) is 44.9 Å². The van der Waals surface area contributed by atoms with Gasteiger partial charge in [0.1, 0.15) is 13.2 Å². The number of carbonyl (C=O) groups is 1. The number of aliphatic hydroxyl groups excluding tert-OH is 1. The molecule has 0 fully saturated rings. The molecule has 53 heavy (non-hydrogen) atoms. The van der Waals surface area contributed by atoms with Crippen molar-refractivity contribution < 1.29 is 32.9 Å². The second kappa shape index (κ2) is 36.4. The molecule has 3 unspecified atom stereocenters. The zero-order valence-corrected chi connectivity index (χ0v) is 36.1. The highest BCUT2D eigenvalue weighted by molar-refractivity contribution is 7.47. The van der Waals surface area contributed by atoms with E-state index in [0.29, 0.717) is 17.4 Å². The second-order valence-corrected chi connectivity index (χ2v) is 17.5. The largest absolute Gasteiger partial charge is 0.472 e. The van der Waals surface area contributed by atoms with E-state index in [9.17, 15) is 19.4 Å². The van der Waals surface area contributed by atoms with Crippen LogP contribution in [0.3, 0.4) is 0 Å². The number of hydrogen-bond acceptors (Lipinski definition) is 5. The van der Waals surface area contributed by atoms with Crippen molar-refractivity contribution in [3.63, 3.8) is 0 Å². The number of phosphoric ester groups is 1. The average molecular weight is 770 g/mol. The molecule has 0 aliphatic rings. The molecule has 9 heteroatoms. The van der Waals surface area contributed by atoms with Crippen LogP contribution < -0.4 is 5.32 Å². The Morgan fingerprint density at radius 2 is 1.04 bits per heavy atom. The van der Waals surface area contributed by atoms with E-state index in [1.807, 2.05) is 27.2 Å². The molecule has 0 aromatic heterocycles. The second-order valence-electron chi connectivity index (χ2n) is 16.1. The quantitative estimate of drug-likeness (QED) is 0.0249. The first kappa shape index (κ1) is 51.7. The number of likely N-dealkylation sites (N-methyl/N-ethyl adjacent to an activating group) is 1. The lowest BCUT2D eigenvalue weighted by atomic mass is 10.0. The molecule has 3 N–H and O–H groups in total. The van der Waals surface area contributed by atoms with Crippen molar-refractivity contribution in [2.24, 2.45) is 0 Å². The fourth-order valence-corrected chi connectivity index (χ4v) is 6.81. The summed E-state index contributed by atoms with van der Waals surface area (Å²) in [6.45, 7) is 4.71. The SMILES string of the molecule is CCCCCCCCCCCCCCCCC/C=C/CC/C=C/CC/C=C/C(O)C(COP(=O)(O)OCC[N+](C)(C)C)NC(=O)CCCCCCCC. The highest BCUT2D eigenvalue weighted by Gasteiger charge is 2.27. The van der Waals surface area contributed by atoms with Gasteiger partial charge in [-0.15, -0.1) is 0 Å². The minimum atomic E-state index is -4.33. The van der Waals surface area contributed by atoms with Crippen LogP contribution in [-0.4, -0.2) is 73.4 Å². The highest BCUT2D eigenvalue weighted by Crippen LogP contribution is 2.43. The standard InChI is InChI=1S/C44H85N2O6P/c1-6-8-10-12-14-15-16-17-18-19-20-21-22-23-24-25-26-27-28-29-30-31-32-33-35-37-43(47)42(45-44(48)38-36-34-13-11-9-7-2)41-52-53(49,50)51-40-39-46(3,4)5/h26-27,30-31,35,37,42-43,47H,6-25,28-29,32-34,36,38-41H2,1-5H3,(H-,45,48,49,50)/p+1/b27-26+,31-30+,37-35+. The molecule has 3 atom stereocenters. The van der Waals surface area contributed by atoms with Crippen molar-refractivity contribution >= 4 is 13.7 Å². The van der Waals surface area contributed by atoms with Gasteiger partial charge in [0.2, 0.25) is 5.91 Å². The van der Waals surface area contributed by atoms with Gasteiger partial charge in [0.25, 0.3) is 0 Å². The van der Waals surface area contributed by atoms with Gasteiger partial charge in [0, 0.05) is 6.42 Å². The average Bonchev–Trinajstić information content (AvgIpc) is 3.10. The molecule has 0 saturated heterocycles. The van der Waals surface area contributed by atoms with Crippen LogP contribution in [0.1, 0.15) is 187 Å². The number of carbonyl (C=O) groups excluding carboxylic acids is 1. The number of nitrogens with zero attached hydrogens (tertiary/aromatic N) is 1. The maximum atomic E-state index is 12.7. The Morgan fingerprint density at radius 3 is 1.51 bits per heavy atom. The molecular formula is C44H86N2O6P+. The molecule has 0 aromatic rings. The zero-order valence-electron chi connectivity index (χ0n) is 35.3. The maximum absolute atomic E-state index is 12.7. The van der Waals surface area contributed by atoms with Gasteiger partial charge in [-0.1, -0.05) is 172 Å². The summed E-state index contributed by atoms with van der Waals surface area (Å²) >= 11 is 0. The Bertz CT molecular complexity index is 964. The first-order valence-corrected chi connectivity index (χ1v) is 23.4. The Hall–Kier alpha value is -1.28. The van der Waals surface area contributed by atoms with Gasteiger partial charge >= 0.3 is 7.82 Å². The van der Waals surface area contributed by atoms with Crippen molar-refractivity contribution in [1.29, 1.82) is 0 Å². The van der Waals surface area contributed by atoms with Gasteiger partial charge < -0.3 is 19.8 Å². The molecule has 0 heterocycles. The van der Waals surface area contributed by atoms with Gasteiger partial charge in [-0.2, -0.15) is 0 Å². The molecule has 0 spiro atoms. The van der Waals surface area contributed by atoms with Crippen molar-refractivity contribution in [2.75, 3.05) is 40.9 Å². The van der Waals surface area contributed by atoms with E-state index < -0.39 is 20.0 Å². The normalized spacial score (nSPS) is 14.8. The monoisotopic (exact) mass is 770 g/mol. The molecule has 0 aliphatic carbocycles. The molecule has 0 bridgehead atoms. The van der Waals surface area contributed by atoms with Crippen LogP contribution in [0.2, 0.25) is 0 Å². The number of amides is 1. The minimum Gasteiger partial charge on any atom is -0.387 e. The lowest BCUT2D eigenvalue weighted by Crippen LogP contribution is -2.45. The zero-order chi connectivity index (χ0) is 39.3. The molecule has 0 saturated carbocycles. The van der Waals surface area contributed by atoms with Crippen molar-refractivity contribution in [1.82, 2.24) is 5.32 Å². The Balaban J connectivity index is 4.24. The van der Waals surface area contributed by atoms with Crippen LogP contribution in [0.4, 0.5) is 0 Å². The third kappa shape index (κ3) is 38.8. The van der Waals surface area contributed by atoms with E-state index in [1.54, 1.807) is 6.08 Å². The van der Waals surface area contributed by atoms with Crippen molar-refractivity contribution in [3.8, 4) is 0 Å². The highest BCUT2D eigenvalue weighted by atomic mass is 31.2. The number of allylic oxidation sites excluding steroid dienone is 5. The summed E-state index contributed by atoms with van der Waals surface area (Å²) in [5.41, 5.74) is 0. The summed E-state index contributed by atoms with van der Waals surface area (Å²) in [6, 6.07) is -0.863. The Morgan fingerprint density at radius 1 is 0.623 bits per heavy atom. The predicted molar refractivity (Wildman–Crippen MR) is 226 cm³/mol. The summed E-state index contributed by atoms with van der Waals surface area (Å²) in [5.74, 6) is -0.202. The van der Waals surface area contributed by atoms with Crippen LogP contribution in [0, 0.1) is 0 Å². The fraction of sp³-hybridized carbons (Fsp3) is 0.841. The molecule has 1 amide bonds. The van der Waals surface area contributed by atoms with Crippen LogP contribution in [0.25, 0.3) is 0 Å². The number of hydrogen-bond donors (Lipinski definition) is 3. The molecule has 0 aromatic carbocycles. The molecule has 312 valence electrons. The number of rotatable bonds is 39. The fourth-order valence-electron chi connectivity index (χ4n) is 6.07. The van der Waals surface area contributed by atoms with Gasteiger partial charge in [-0.25, -0.2) is 4.57 Å². The van der Waals surface area contributed by atoms with Gasteiger partial charge in [-0.05, 0) is 44.9 Å². The molecular weight excluding hydrogens is 683 g/mol. The summed E-state index contributed by atoms with van der Waals surface area (Å²) in [4.78, 5) is 22.8. The molecule has 0 aliphatic heterocycles. The van der Waals surface area contributed by atoms with E-state index in [1.165, 1.54) is 122 Å². The first-order chi connectivity index (χ1) is 25.5. The lowest BCUT2D eigenvalue weighted by Gasteiger charge is -2.25. The van der Waals surface area contributed by atoms with Crippen molar-refractivity contribution in [3.05, 3.63) is 36.5 Å². The van der Waals surface area contributed by atoms with E-state index in [4.69, 9.17) is 9.05 Å². The number of quaternary nitrogens is 1. The number of nitrogens with one attached hydrogen (secondary N) is 1. The van der Waals surface area contributed by atoms with Gasteiger partial charge in [-0.3, -0.25) is 13.8 Å². The third-order valence-corrected chi connectivity index (χ3v) is 10.6. The van der Waals surface area contributed by atoms with Crippen LogP contribution in [-0.2, 0) is 18.4 Å². The van der Waals surface area contributed by atoms with E-state index in [-0.39, 0.29) is 19.1 Å². The van der Waals surface area contributed by atoms with Gasteiger partial charge in [0.15, 0.2) is 0 Å². The van der Waals surface area contributed by atoms with Crippen LogP contribution in [0.5, 0.6) is 0 Å². The summed E-state index contributed by atoms with van der Waals surface area (Å²) in [7, 11) is 1.54. The smallest absolute Gasteiger partial charge is 0.387 e. The Kier molecular flexibility index (Phi) is 35.5. The summed E-state index contributed by atoms with van der Waals surface area (Å²) in [5, 5.41) is 13.7. The molecule has 0 radical (unpaired) electrons. The maximum Gasteiger partial charge on any atom is 0.472 e. The van der Waals surface area contributed by atoms with E-state index in [2.05, 4.69) is 43.5 Å². The molecule has 0 rings (SSSR count). The topological polar surface area (TPSA) is 105 Å². The first-order valence-electron chi connectivity index (χ1n) is 21.9. The minimum absolute atomic E-state index is 0.0537. The lowest BCUT2D eigenvalue weighted by molar-refractivity contribution is -0.870. The third-order valence-electron chi connectivity index (χ3n) is 9.59. The summed E-state index contributed by atoms with van der Waals surface area (Å²) < 4.78 is 23.4. The number of aliphatic hydroxyl groups is 1. The van der Waals surface area contributed by atoms with Crippen LogP contribution >= 0.6 is 7.82 Å². The van der Waals surface area contributed by atoms with Crippen molar-refractivity contribution in [2.45, 2.75) is 199 Å². The van der Waals surface area contributed by atoms with Crippen LogP contribution in [0.15, 0.2) is 36.5 Å². The summed E-state index contributed by atoms with van der Waals surface area (Å²) in [6.07, 6.45) is 44.1.